The number of nitrogens with two attached hydrogens (primary N) is 1. The summed E-state index contributed by atoms with van der Waals surface area (Å²) in [6.45, 7) is 0.615. The van der Waals surface area contributed by atoms with Crippen molar-refractivity contribution in [2.24, 2.45) is 12.8 Å². The molecule has 0 aliphatic carbocycles. The van der Waals surface area contributed by atoms with Crippen LogP contribution in [-0.2, 0) is 7.05 Å². The highest BCUT2D eigenvalue weighted by atomic mass is 35.5. The first-order valence-corrected chi connectivity index (χ1v) is 7.82. The van der Waals surface area contributed by atoms with E-state index in [9.17, 15) is 9.59 Å². The lowest BCUT2D eigenvalue weighted by atomic mass is 9.96. The van der Waals surface area contributed by atoms with Crippen LogP contribution in [0.15, 0.2) is 18.5 Å². The summed E-state index contributed by atoms with van der Waals surface area (Å²) in [5.74, 6) is -0.664. The van der Waals surface area contributed by atoms with Crippen LogP contribution in [0.1, 0.15) is 51.8 Å². The number of nitrogens with one attached hydrogen (secondary N) is 1. The molecule has 3 heterocycles. The normalized spacial score (nSPS) is 18.2. The minimum Gasteiger partial charge on any atom is -0.365 e. The zero-order chi connectivity index (χ0) is 16.6. The van der Waals surface area contributed by atoms with Gasteiger partial charge in [-0.15, -0.1) is 0 Å². The standard InChI is InChI=1S/C15H18ClN5O2/c1-20-8-9(16)6-12(20)15(23)21-5-3-2-4-11(21)13-10(14(17)22)7-18-19-13/h6-8,11H,2-5H2,1H3,(H2,17,22)(H,18,19). The summed E-state index contributed by atoms with van der Waals surface area (Å²) < 4.78 is 1.71. The molecular formula is C15H18ClN5O2. The Hall–Kier alpha value is -2.28. The van der Waals surface area contributed by atoms with Gasteiger partial charge in [0.2, 0.25) is 0 Å². The maximum absolute atomic E-state index is 12.9. The molecule has 3 rings (SSSR count). The van der Waals surface area contributed by atoms with Crippen LogP contribution >= 0.6 is 11.6 Å². The van der Waals surface area contributed by atoms with E-state index in [4.69, 9.17) is 17.3 Å². The third kappa shape index (κ3) is 2.84. The van der Waals surface area contributed by atoms with E-state index >= 15 is 0 Å². The van der Waals surface area contributed by atoms with Crippen molar-refractivity contribution >= 4 is 23.4 Å². The van der Waals surface area contributed by atoms with E-state index in [1.54, 1.807) is 28.8 Å². The fourth-order valence-corrected chi connectivity index (χ4v) is 3.35. The number of aryl methyl sites for hydroxylation is 1. The van der Waals surface area contributed by atoms with Gasteiger partial charge < -0.3 is 15.2 Å². The molecule has 1 unspecified atom stereocenters. The number of rotatable bonds is 3. The van der Waals surface area contributed by atoms with Crippen molar-refractivity contribution < 1.29 is 9.59 Å². The third-order valence-electron chi connectivity index (χ3n) is 4.22. The molecule has 0 saturated carbocycles. The fourth-order valence-electron chi connectivity index (χ4n) is 3.11. The number of nitrogens with zero attached hydrogens (tertiary/aromatic N) is 3. The Balaban J connectivity index is 1.96. The van der Waals surface area contributed by atoms with Crippen molar-refractivity contribution in [1.82, 2.24) is 19.7 Å². The summed E-state index contributed by atoms with van der Waals surface area (Å²) in [4.78, 5) is 26.2. The maximum atomic E-state index is 12.9. The lowest BCUT2D eigenvalue weighted by Gasteiger charge is -2.35. The molecule has 7 nitrogen and oxygen atoms in total. The molecule has 1 aliphatic heterocycles. The van der Waals surface area contributed by atoms with Crippen LogP contribution in [0, 0.1) is 0 Å². The number of aromatic nitrogens is 3. The summed E-state index contributed by atoms with van der Waals surface area (Å²) >= 11 is 5.98. The van der Waals surface area contributed by atoms with Gasteiger partial charge in [-0.25, -0.2) is 0 Å². The maximum Gasteiger partial charge on any atom is 0.271 e. The van der Waals surface area contributed by atoms with Crippen molar-refractivity contribution in [3.8, 4) is 0 Å². The van der Waals surface area contributed by atoms with E-state index < -0.39 is 5.91 Å². The molecule has 1 saturated heterocycles. The van der Waals surface area contributed by atoms with Crippen molar-refractivity contribution in [3.05, 3.63) is 40.4 Å². The third-order valence-corrected chi connectivity index (χ3v) is 4.43. The van der Waals surface area contributed by atoms with E-state index in [1.165, 1.54) is 6.20 Å². The molecule has 3 N–H and O–H groups in total. The molecule has 0 spiro atoms. The average Bonchev–Trinajstić information content (AvgIpc) is 3.13. The number of halogens is 1. The SMILES string of the molecule is Cn1cc(Cl)cc1C(=O)N1CCCCC1c1[nH]ncc1C(N)=O. The summed E-state index contributed by atoms with van der Waals surface area (Å²) in [6.07, 6.45) is 5.75. The second kappa shape index (κ2) is 6.08. The number of aromatic amines is 1. The molecule has 1 atom stereocenters. The number of piperidine rings is 1. The van der Waals surface area contributed by atoms with Crippen molar-refractivity contribution in [2.45, 2.75) is 25.3 Å². The van der Waals surface area contributed by atoms with E-state index in [1.807, 2.05) is 0 Å². The van der Waals surface area contributed by atoms with Crippen molar-refractivity contribution in [1.29, 1.82) is 0 Å². The molecule has 2 aromatic rings. The Kier molecular flexibility index (Phi) is 4.12. The van der Waals surface area contributed by atoms with Gasteiger partial charge >= 0.3 is 0 Å². The second-order valence-corrected chi connectivity index (χ2v) is 6.16. The predicted molar refractivity (Wildman–Crippen MR) is 85.2 cm³/mol. The number of hydrogen-bond donors (Lipinski definition) is 2. The summed E-state index contributed by atoms with van der Waals surface area (Å²) in [5, 5.41) is 7.27. The minimum atomic E-state index is -0.548. The molecule has 1 fully saturated rings. The quantitative estimate of drug-likeness (QED) is 0.896. The van der Waals surface area contributed by atoms with Gasteiger partial charge in [0.1, 0.15) is 5.69 Å². The first-order chi connectivity index (χ1) is 11.0. The molecule has 2 amide bonds. The summed E-state index contributed by atoms with van der Waals surface area (Å²) in [6, 6.07) is 1.41. The molecule has 0 bridgehead atoms. The van der Waals surface area contributed by atoms with Crippen LogP contribution in [0.25, 0.3) is 0 Å². The molecule has 1 aliphatic rings. The Labute approximate surface area is 138 Å². The number of carbonyl (C=O) groups is 2. The van der Waals surface area contributed by atoms with Crippen molar-refractivity contribution in [3.63, 3.8) is 0 Å². The Morgan fingerprint density at radius 3 is 2.87 bits per heavy atom. The highest BCUT2D eigenvalue weighted by molar-refractivity contribution is 6.31. The van der Waals surface area contributed by atoms with Gasteiger partial charge in [0.15, 0.2) is 0 Å². The molecule has 23 heavy (non-hydrogen) atoms. The molecule has 2 aromatic heterocycles. The molecule has 0 radical (unpaired) electrons. The van der Waals surface area contributed by atoms with E-state index in [0.717, 1.165) is 19.3 Å². The van der Waals surface area contributed by atoms with Gasteiger partial charge in [0, 0.05) is 19.8 Å². The van der Waals surface area contributed by atoms with E-state index in [-0.39, 0.29) is 11.9 Å². The lowest BCUT2D eigenvalue weighted by molar-refractivity contribution is 0.0593. The van der Waals surface area contributed by atoms with Crippen LogP contribution in [0.4, 0.5) is 0 Å². The number of hydrogen-bond acceptors (Lipinski definition) is 3. The Morgan fingerprint density at radius 1 is 1.43 bits per heavy atom. The van der Waals surface area contributed by atoms with Crippen LogP contribution in [0.5, 0.6) is 0 Å². The second-order valence-electron chi connectivity index (χ2n) is 5.73. The fraction of sp³-hybridized carbons (Fsp3) is 0.400. The molecule has 122 valence electrons. The molecule has 0 aromatic carbocycles. The first kappa shape index (κ1) is 15.6. The van der Waals surface area contributed by atoms with Crippen LogP contribution in [0.3, 0.4) is 0 Å². The number of likely N-dealkylation sites (tertiary alicyclic amines) is 1. The van der Waals surface area contributed by atoms with Gasteiger partial charge in [0.25, 0.3) is 11.8 Å². The van der Waals surface area contributed by atoms with Gasteiger partial charge in [-0.3, -0.25) is 14.7 Å². The number of amides is 2. The van der Waals surface area contributed by atoms with E-state index in [0.29, 0.717) is 28.5 Å². The predicted octanol–water partition coefficient (Wildman–Crippen LogP) is 1.87. The zero-order valence-corrected chi connectivity index (χ0v) is 13.5. The van der Waals surface area contributed by atoms with Gasteiger partial charge in [0.05, 0.1) is 28.5 Å². The number of primary amides is 1. The Morgan fingerprint density at radius 2 is 2.22 bits per heavy atom. The van der Waals surface area contributed by atoms with Gasteiger partial charge in [-0.1, -0.05) is 11.6 Å². The molecule has 8 heteroatoms. The highest BCUT2D eigenvalue weighted by Gasteiger charge is 2.33. The molecular weight excluding hydrogens is 318 g/mol. The van der Waals surface area contributed by atoms with Crippen molar-refractivity contribution in [2.75, 3.05) is 6.54 Å². The zero-order valence-electron chi connectivity index (χ0n) is 12.8. The summed E-state index contributed by atoms with van der Waals surface area (Å²) in [5.41, 5.74) is 6.85. The number of carbonyl (C=O) groups excluding carboxylic acids is 2. The largest absolute Gasteiger partial charge is 0.365 e. The smallest absolute Gasteiger partial charge is 0.271 e. The van der Waals surface area contributed by atoms with Crippen LogP contribution < -0.4 is 5.73 Å². The number of H-pyrrole nitrogens is 1. The average molecular weight is 336 g/mol. The summed E-state index contributed by atoms with van der Waals surface area (Å²) in [7, 11) is 1.78. The van der Waals surface area contributed by atoms with Gasteiger partial charge in [-0.05, 0) is 25.3 Å². The highest BCUT2D eigenvalue weighted by Crippen LogP contribution is 2.33. The van der Waals surface area contributed by atoms with Crippen LogP contribution in [0.2, 0.25) is 5.02 Å². The lowest BCUT2D eigenvalue weighted by Crippen LogP contribution is -2.40. The monoisotopic (exact) mass is 335 g/mol. The Bertz CT molecular complexity index is 751. The topological polar surface area (TPSA) is 97.0 Å². The van der Waals surface area contributed by atoms with E-state index in [2.05, 4.69) is 10.2 Å². The first-order valence-electron chi connectivity index (χ1n) is 7.45. The van der Waals surface area contributed by atoms with Gasteiger partial charge in [-0.2, -0.15) is 5.10 Å². The van der Waals surface area contributed by atoms with Crippen LogP contribution in [-0.4, -0.2) is 38.0 Å². The minimum absolute atomic E-state index is 0.117.